The first-order valence-corrected chi connectivity index (χ1v) is 5.94. The number of anilines is 1. The van der Waals surface area contributed by atoms with Crippen molar-refractivity contribution >= 4 is 28.6 Å². The number of nitrogen functional groups attached to an aromatic ring is 1. The van der Waals surface area contributed by atoms with Gasteiger partial charge in [0.2, 0.25) is 0 Å². The van der Waals surface area contributed by atoms with Crippen molar-refractivity contribution < 1.29 is 4.74 Å². The Morgan fingerprint density at radius 3 is 2.94 bits per heavy atom. The second kappa shape index (κ2) is 4.72. The molecule has 0 unspecified atom stereocenters. The minimum Gasteiger partial charge on any atom is -0.488 e. The van der Waals surface area contributed by atoms with Crippen LogP contribution in [0.2, 0.25) is 5.02 Å². The van der Waals surface area contributed by atoms with Crippen molar-refractivity contribution in [1.82, 2.24) is 4.98 Å². The fraction of sp³-hybridized carbons (Fsp3) is 0.182. The van der Waals surface area contributed by atoms with Crippen LogP contribution >= 0.6 is 22.9 Å². The fourth-order valence-corrected chi connectivity index (χ4v) is 2.10. The number of halogens is 1. The number of ether oxygens (including phenoxy) is 1. The zero-order valence-electron chi connectivity index (χ0n) is 8.74. The number of nitrogens with two attached hydrogens (primary N) is 1. The Hall–Kier alpha value is -1.26. The second-order valence-electron chi connectivity index (χ2n) is 3.32. The van der Waals surface area contributed by atoms with Gasteiger partial charge in [-0.3, -0.25) is 0 Å². The maximum atomic E-state index is 5.88. The monoisotopic (exact) mass is 254 g/mol. The van der Waals surface area contributed by atoms with E-state index >= 15 is 0 Å². The summed E-state index contributed by atoms with van der Waals surface area (Å²) in [6.45, 7) is 2.47. The molecule has 0 amide bonds. The predicted octanol–water partition coefficient (Wildman–Crippen LogP) is 3.27. The summed E-state index contributed by atoms with van der Waals surface area (Å²) >= 11 is 7.51. The van der Waals surface area contributed by atoms with Crippen molar-refractivity contribution in [3.05, 3.63) is 39.3 Å². The van der Waals surface area contributed by atoms with E-state index < -0.39 is 0 Å². The van der Waals surface area contributed by atoms with E-state index in [-0.39, 0.29) is 0 Å². The normalized spacial score (nSPS) is 10.4. The highest BCUT2D eigenvalue weighted by Crippen LogP contribution is 2.25. The topological polar surface area (TPSA) is 48.1 Å². The van der Waals surface area contributed by atoms with Crippen molar-refractivity contribution in [3.8, 4) is 5.75 Å². The highest BCUT2D eigenvalue weighted by Gasteiger charge is 2.02. The molecule has 0 saturated carbocycles. The van der Waals surface area contributed by atoms with Crippen LogP contribution in [0, 0.1) is 6.92 Å². The molecule has 0 aliphatic heterocycles. The van der Waals surface area contributed by atoms with E-state index in [9.17, 15) is 0 Å². The van der Waals surface area contributed by atoms with Crippen LogP contribution in [0.15, 0.2) is 24.4 Å². The molecular formula is C11H11ClN2OS. The molecule has 0 bridgehead atoms. The first-order valence-electron chi connectivity index (χ1n) is 4.74. The third-order valence-electron chi connectivity index (χ3n) is 2.02. The highest BCUT2D eigenvalue weighted by molar-refractivity contribution is 7.11. The van der Waals surface area contributed by atoms with Crippen molar-refractivity contribution in [1.29, 1.82) is 0 Å². The van der Waals surface area contributed by atoms with Crippen LogP contribution in [0.1, 0.15) is 9.88 Å². The lowest BCUT2D eigenvalue weighted by Crippen LogP contribution is -1.94. The number of thiazole rings is 1. The molecule has 0 saturated heterocycles. The average Bonchev–Trinajstić information content (AvgIpc) is 2.66. The van der Waals surface area contributed by atoms with E-state index in [4.69, 9.17) is 22.1 Å². The van der Waals surface area contributed by atoms with Crippen molar-refractivity contribution in [2.75, 3.05) is 5.73 Å². The molecule has 1 aromatic heterocycles. The van der Waals surface area contributed by atoms with Gasteiger partial charge in [0.15, 0.2) is 0 Å². The lowest BCUT2D eigenvalue weighted by Gasteiger charge is -2.05. The van der Waals surface area contributed by atoms with Gasteiger partial charge < -0.3 is 10.5 Å². The molecule has 0 radical (unpaired) electrons. The third kappa shape index (κ3) is 2.65. The summed E-state index contributed by atoms with van der Waals surface area (Å²) in [4.78, 5) is 5.24. The zero-order valence-corrected chi connectivity index (χ0v) is 10.3. The Morgan fingerprint density at radius 1 is 1.50 bits per heavy atom. The molecule has 2 aromatic rings. The summed E-state index contributed by atoms with van der Waals surface area (Å²) in [5.41, 5.74) is 6.16. The lowest BCUT2D eigenvalue weighted by molar-refractivity contribution is 0.309. The van der Waals surface area contributed by atoms with Gasteiger partial charge in [0.1, 0.15) is 12.4 Å². The van der Waals surface area contributed by atoms with Crippen molar-refractivity contribution in [2.24, 2.45) is 0 Å². The summed E-state index contributed by atoms with van der Waals surface area (Å²) in [7, 11) is 0. The standard InChI is InChI=1S/C11H11ClN2OS/c1-7-14-5-9(16-7)6-15-8-2-3-11(13)10(12)4-8/h2-5H,6,13H2,1H3. The Morgan fingerprint density at radius 2 is 2.31 bits per heavy atom. The van der Waals surface area contributed by atoms with Gasteiger partial charge in [0.05, 0.1) is 20.6 Å². The SMILES string of the molecule is Cc1ncc(COc2ccc(N)c(Cl)c2)s1. The maximum Gasteiger partial charge on any atom is 0.124 e. The molecule has 84 valence electrons. The molecule has 1 aromatic carbocycles. The van der Waals surface area contributed by atoms with Crippen LogP contribution in [0.5, 0.6) is 5.75 Å². The van der Waals surface area contributed by atoms with Gasteiger partial charge in [-0.1, -0.05) is 11.6 Å². The van der Waals surface area contributed by atoms with E-state index in [0.29, 0.717) is 23.1 Å². The molecule has 1 heterocycles. The Balaban J connectivity index is 2.02. The number of hydrogen-bond donors (Lipinski definition) is 1. The number of rotatable bonds is 3. The van der Waals surface area contributed by atoms with E-state index in [1.807, 2.05) is 13.1 Å². The Kier molecular flexibility index (Phi) is 3.31. The van der Waals surface area contributed by atoms with Crippen LogP contribution in [-0.4, -0.2) is 4.98 Å². The molecule has 5 heteroatoms. The molecule has 3 nitrogen and oxygen atoms in total. The van der Waals surface area contributed by atoms with Gasteiger partial charge >= 0.3 is 0 Å². The molecule has 0 spiro atoms. The minimum atomic E-state index is 0.506. The van der Waals surface area contributed by atoms with Gasteiger partial charge in [-0.2, -0.15) is 0 Å². The summed E-state index contributed by atoms with van der Waals surface area (Å²) < 4.78 is 5.57. The molecule has 2 rings (SSSR count). The van der Waals surface area contributed by atoms with Gasteiger partial charge in [-0.25, -0.2) is 4.98 Å². The number of nitrogens with zero attached hydrogens (tertiary/aromatic N) is 1. The van der Waals surface area contributed by atoms with E-state index in [1.165, 1.54) is 0 Å². The maximum absolute atomic E-state index is 5.88. The number of aryl methyl sites for hydroxylation is 1. The highest BCUT2D eigenvalue weighted by atomic mass is 35.5. The number of hydrogen-bond acceptors (Lipinski definition) is 4. The molecule has 16 heavy (non-hydrogen) atoms. The Labute approximate surface area is 103 Å². The minimum absolute atomic E-state index is 0.506. The van der Waals surface area contributed by atoms with E-state index in [2.05, 4.69) is 4.98 Å². The summed E-state index contributed by atoms with van der Waals surface area (Å²) in [5, 5.41) is 1.55. The van der Waals surface area contributed by atoms with Gasteiger partial charge in [-0.15, -0.1) is 11.3 Å². The van der Waals surface area contributed by atoms with Gasteiger partial charge in [0, 0.05) is 12.3 Å². The smallest absolute Gasteiger partial charge is 0.124 e. The first kappa shape index (κ1) is 11.2. The molecule has 0 fully saturated rings. The van der Waals surface area contributed by atoms with Crippen molar-refractivity contribution in [3.63, 3.8) is 0 Å². The van der Waals surface area contributed by atoms with Crippen LogP contribution in [-0.2, 0) is 6.61 Å². The van der Waals surface area contributed by atoms with E-state index in [1.54, 1.807) is 29.5 Å². The molecule has 0 atom stereocenters. The van der Waals surface area contributed by atoms with Crippen LogP contribution in [0.3, 0.4) is 0 Å². The zero-order chi connectivity index (χ0) is 11.5. The molecular weight excluding hydrogens is 244 g/mol. The second-order valence-corrected chi connectivity index (χ2v) is 5.04. The molecule has 0 aliphatic rings. The van der Waals surface area contributed by atoms with Gasteiger partial charge in [0.25, 0.3) is 0 Å². The van der Waals surface area contributed by atoms with Crippen molar-refractivity contribution in [2.45, 2.75) is 13.5 Å². The predicted molar refractivity (Wildman–Crippen MR) is 67.0 cm³/mol. The summed E-state index contributed by atoms with van der Waals surface area (Å²) in [6, 6.07) is 5.25. The summed E-state index contributed by atoms with van der Waals surface area (Å²) in [6.07, 6.45) is 1.82. The average molecular weight is 255 g/mol. The Bertz CT molecular complexity index is 498. The largest absolute Gasteiger partial charge is 0.488 e. The molecule has 0 aliphatic carbocycles. The quantitative estimate of drug-likeness (QED) is 0.856. The summed E-state index contributed by atoms with van der Waals surface area (Å²) in [5.74, 6) is 0.713. The van der Waals surface area contributed by atoms with Crippen LogP contribution in [0.4, 0.5) is 5.69 Å². The number of benzene rings is 1. The number of aromatic nitrogens is 1. The lowest BCUT2D eigenvalue weighted by atomic mass is 10.3. The van der Waals surface area contributed by atoms with Gasteiger partial charge in [-0.05, 0) is 19.1 Å². The third-order valence-corrected chi connectivity index (χ3v) is 3.24. The van der Waals surface area contributed by atoms with Crippen LogP contribution in [0.25, 0.3) is 0 Å². The van der Waals surface area contributed by atoms with E-state index in [0.717, 1.165) is 9.88 Å². The first-order chi connectivity index (χ1) is 7.65. The molecule has 2 N–H and O–H groups in total. The van der Waals surface area contributed by atoms with Crippen LogP contribution < -0.4 is 10.5 Å². The fourth-order valence-electron chi connectivity index (χ4n) is 1.22.